The van der Waals surface area contributed by atoms with Crippen LogP contribution in [0.4, 0.5) is 0 Å². The van der Waals surface area contributed by atoms with Gasteiger partial charge in [0.25, 0.3) is 0 Å². The second kappa shape index (κ2) is 6.49. The Kier molecular flexibility index (Phi) is 4.70. The summed E-state index contributed by atoms with van der Waals surface area (Å²) in [5.41, 5.74) is 10.6. The van der Waals surface area contributed by atoms with E-state index < -0.39 is 0 Å². The van der Waals surface area contributed by atoms with Gasteiger partial charge in [-0.05, 0) is 36.1 Å². The molecule has 2 rings (SSSR count). The van der Waals surface area contributed by atoms with Gasteiger partial charge in [-0.2, -0.15) is 0 Å². The highest BCUT2D eigenvalue weighted by Gasteiger charge is 2.12. The monoisotopic (exact) mass is 267 g/mol. The van der Waals surface area contributed by atoms with E-state index in [9.17, 15) is 4.79 Å². The van der Waals surface area contributed by atoms with Gasteiger partial charge in [-0.25, -0.2) is 0 Å². The van der Waals surface area contributed by atoms with Crippen molar-refractivity contribution in [2.45, 2.75) is 32.7 Å². The Hall–Kier alpha value is -1.93. The van der Waals surface area contributed by atoms with E-state index in [0.29, 0.717) is 12.8 Å². The predicted molar refractivity (Wildman–Crippen MR) is 82.6 cm³/mol. The average Bonchev–Trinajstić information content (AvgIpc) is 2.44. The molecule has 0 heterocycles. The van der Waals surface area contributed by atoms with E-state index in [1.54, 1.807) is 0 Å². The lowest BCUT2D eigenvalue weighted by Gasteiger charge is -2.11. The number of Topliss-reactive ketones (excluding diaryl/α,β-unsaturated/α-hetero) is 1. The molecule has 0 aliphatic carbocycles. The molecule has 2 N–H and O–H groups in total. The first-order valence-corrected chi connectivity index (χ1v) is 6.94. The lowest BCUT2D eigenvalue weighted by molar-refractivity contribution is -0.118. The van der Waals surface area contributed by atoms with Crippen LogP contribution in [0.25, 0.3) is 0 Å². The van der Waals surface area contributed by atoms with Crippen LogP contribution in [0, 0.1) is 13.8 Å². The summed E-state index contributed by atoms with van der Waals surface area (Å²) in [6.45, 7) is 4.14. The van der Waals surface area contributed by atoms with Gasteiger partial charge in [0, 0.05) is 18.9 Å². The molecule has 20 heavy (non-hydrogen) atoms. The minimum absolute atomic E-state index is 0.185. The molecule has 0 radical (unpaired) electrons. The number of carbonyl (C=O) groups is 1. The van der Waals surface area contributed by atoms with Gasteiger partial charge in [0.2, 0.25) is 0 Å². The van der Waals surface area contributed by atoms with Crippen LogP contribution < -0.4 is 5.73 Å². The number of carbonyl (C=O) groups excluding carboxylic acids is 1. The molecule has 0 bridgehead atoms. The fourth-order valence-corrected chi connectivity index (χ4v) is 2.28. The van der Waals surface area contributed by atoms with Crippen molar-refractivity contribution in [3.63, 3.8) is 0 Å². The van der Waals surface area contributed by atoms with E-state index in [4.69, 9.17) is 5.73 Å². The van der Waals surface area contributed by atoms with Gasteiger partial charge in [0.15, 0.2) is 0 Å². The van der Waals surface area contributed by atoms with Crippen molar-refractivity contribution in [3.05, 3.63) is 70.8 Å². The number of ketones is 1. The normalized spacial score (nSPS) is 12.2. The standard InChI is InChI=1S/C18H21NO/c1-13-8-9-15(10-14(13)2)11-17(20)12-18(19)16-6-4-3-5-7-16/h3-10,18H,11-12,19H2,1-2H3. The zero-order valence-corrected chi connectivity index (χ0v) is 12.1. The van der Waals surface area contributed by atoms with Crippen LogP contribution >= 0.6 is 0 Å². The fourth-order valence-electron chi connectivity index (χ4n) is 2.28. The second-order valence-corrected chi connectivity index (χ2v) is 5.36. The topological polar surface area (TPSA) is 43.1 Å². The molecule has 1 unspecified atom stereocenters. The van der Waals surface area contributed by atoms with Gasteiger partial charge in [-0.15, -0.1) is 0 Å². The van der Waals surface area contributed by atoms with E-state index >= 15 is 0 Å². The molecule has 2 aromatic rings. The molecule has 0 aromatic heterocycles. The van der Waals surface area contributed by atoms with Gasteiger partial charge in [0.05, 0.1) is 0 Å². The van der Waals surface area contributed by atoms with Crippen LogP contribution in [0.5, 0.6) is 0 Å². The molecular formula is C18H21NO. The van der Waals surface area contributed by atoms with Crippen molar-refractivity contribution in [1.82, 2.24) is 0 Å². The number of benzene rings is 2. The summed E-state index contributed by atoms with van der Waals surface area (Å²) in [6, 6.07) is 15.7. The Labute approximate surface area is 120 Å². The van der Waals surface area contributed by atoms with Crippen LogP contribution in [0.1, 0.15) is 34.7 Å². The number of hydrogen-bond donors (Lipinski definition) is 1. The molecule has 0 spiro atoms. The molecule has 1 atom stereocenters. The number of rotatable bonds is 5. The van der Waals surface area contributed by atoms with E-state index in [-0.39, 0.29) is 11.8 Å². The molecule has 0 aliphatic rings. The van der Waals surface area contributed by atoms with Crippen molar-refractivity contribution < 1.29 is 4.79 Å². The molecule has 0 aliphatic heterocycles. The fraction of sp³-hybridized carbons (Fsp3) is 0.278. The Morgan fingerprint density at radius 1 is 1.05 bits per heavy atom. The summed E-state index contributed by atoms with van der Waals surface area (Å²) in [7, 11) is 0. The molecule has 0 fully saturated rings. The lowest BCUT2D eigenvalue weighted by Crippen LogP contribution is -2.16. The summed E-state index contributed by atoms with van der Waals surface area (Å²) in [4.78, 5) is 12.1. The lowest BCUT2D eigenvalue weighted by atomic mass is 9.97. The third-order valence-electron chi connectivity index (χ3n) is 3.65. The van der Waals surface area contributed by atoms with Crippen molar-refractivity contribution >= 4 is 5.78 Å². The predicted octanol–water partition coefficient (Wildman–Crippen LogP) is 3.51. The summed E-state index contributed by atoms with van der Waals surface area (Å²) >= 11 is 0. The average molecular weight is 267 g/mol. The first kappa shape index (κ1) is 14.5. The zero-order valence-electron chi connectivity index (χ0n) is 12.1. The summed E-state index contributed by atoms with van der Waals surface area (Å²) < 4.78 is 0. The Morgan fingerprint density at radius 2 is 1.75 bits per heavy atom. The van der Waals surface area contributed by atoms with Crippen LogP contribution in [-0.4, -0.2) is 5.78 Å². The third kappa shape index (κ3) is 3.78. The van der Waals surface area contributed by atoms with Gasteiger partial charge >= 0.3 is 0 Å². The minimum atomic E-state index is -0.213. The first-order valence-electron chi connectivity index (χ1n) is 6.94. The van der Waals surface area contributed by atoms with Crippen molar-refractivity contribution in [3.8, 4) is 0 Å². The van der Waals surface area contributed by atoms with Crippen LogP contribution in [0.3, 0.4) is 0 Å². The van der Waals surface area contributed by atoms with Gasteiger partial charge in [-0.3, -0.25) is 4.79 Å². The van der Waals surface area contributed by atoms with Crippen LogP contribution in [0.2, 0.25) is 0 Å². The molecule has 2 aromatic carbocycles. The van der Waals surface area contributed by atoms with Crippen molar-refractivity contribution in [2.75, 3.05) is 0 Å². The van der Waals surface area contributed by atoms with Gasteiger partial charge < -0.3 is 5.73 Å². The SMILES string of the molecule is Cc1ccc(CC(=O)CC(N)c2ccccc2)cc1C. The quantitative estimate of drug-likeness (QED) is 0.901. The maximum absolute atomic E-state index is 12.1. The van der Waals surface area contributed by atoms with Gasteiger partial charge in [0.1, 0.15) is 5.78 Å². The molecule has 0 saturated carbocycles. The molecule has 104 valence electrons. The first-order chi connectivity index (χ1) is 9.56. The highest BCUT2D eigenvalue weighted by molar-refractivity contribution is 5.81. The summed E-state index contributed by atoms with van der Waals surface area (Å²) in [5, 5.41) is 0. The Bertz CT molecular complexity index is 590. The highest BCUT2D eigenvalue weighted by atomic mass is 16.1. The van der Waals surface area contributed by atoms with E-state index in [0.717, 1.165) is 11.1 Å². The molecule has 0 amide bonds. The summed E-state index contributed by atoms with van der Waals surface area (Å²) in [5.74, 6) is 0.185. The Morgan fingerprint density at radius 3 is 2.40 bits per heavy atom. The maximum atomic E-state index is 12.1. The van der Waals surface area contributed by atoms with Crippen LogP contribution in [-0.2, 0) is 11.2 Å². The largest absolute Gasteiger partial charge is 0.324 e. The van der Waals surface area contributed by atoms with E-state index in [1.165, 1.54) is 11.1 Å². The molecule has 2 heteroatoms. The van der Waals surface area contributed by atoms with Crippen LogP contribution in [0.15, 0.2) is 48.5 Å². The minimum Gasteiger partial charge on any atom is -0.324 e. The van der Waals surface area contributed by atoms with Gasteiger partial charge in [-0.1, -0.05) is 48.5 Å². The van der Waals surface area contributed by atoms with E-state index in [1.807, 2.05) is 36.4 Å². The number of nitrogens with two attached hydrogens (primary N) is 1. The van der Waals surface area contributed by atoms with Crippen molar-refractivity contribution in [2.24, 2.45) is 5.73 Å². The highest BCUT2D eigenvalue weighted by Crippen LogP contribution is 2.16. The second-order valence-electron chi connectivity index (χ2n) is 5.36. The number of hydrogen-bond acceptors (Lipinski definition) is 2. The molecule has 2 nitrogen and oxygen atoms in total. The zero-order chi connectivity index (χ0) is 14.5. The smallest absolute Gasteiger partial charge is 0.139 e. The number of aryl methyl sites for hydroxylation is 2. The molecule has 0 saturated heterocycles. The maximum Gasteiger partial charge on any atom is 0.139 e. The van der Waals surface area contributed by atoms with Crippen molar-refractivity contribution in [1.29, 1.82) is 0 Å². The Balaban J connectivity index is 1.97. The van der Waals surface area contributed by atoms with E-state index in [2.05, 4.69) is 26.0 Å². The molecular weight excluding hydrogens is 246 g/mol. The summed E-state index contributed by atoms with van der Waals surface area (Å²) in [6.07, 6.45) is 0.846. The third-order valence-corrected chi connectivity index (χ3v) is 3.65.